The smallest absolute Gasteiger partial charge is 0.221 e. The molecule has 4 aromatic heterocycles. The Balaban J connectivity index is 1.48. The van der Waals surface area contributed by atoms with Gasteiger partial charge in [0.2, 0.25) is 5.65 Å². The van der Waals surface area contributed by atoms with E-state index < -0.39 is 0 Å². The number of hydrogen-bond donors (Lipinski definition) is 0. The Bertz CT molecular complexity index is 1090. The number of hydrogen-bond acceptors (Lipinski definition) is 6. The van der Waals surface area contributed by atoms with E-state index in [0.29, 0.717) is 23.1 Å². The summed E-state index contributed by atoms with van der Waals surface area (Å²) in [6.07, 6.45) is 6.87. The summed E-state index contributed by atoms with van der Waals surface area (Å²) >= 11 is 0. The molecule has 25 heavy (non-hydrogen) atoms. The molecule has 2 atom stereocenters. The fourth-order valence-electron chi connectivity index (χ4n) is 3.37. The normalized spacial score (nSPS) is 19.6. The van der Waals surface area contributed by atoms with Gasteiger partial charge in [0, 0.05) is 33.3 Å². The van der Waals surface area contributed by atoms with Crippen LogP contribution in [0.4, 0.5) is 0 Å². The Morgan fingerprint density at radius 3 is 2.76 bits per heavy atom. The second kappa shape index (κ2) is 4.95. The minimum atomic E-state index is 0.444. The summed E-state index contributed by atoms with van der Waals surface area (Å²) in [5.74, 6) is 0.950. The molecule has 0 spiro atoms. The predicted octanol–water partition coefficient (Wildman–Crippen LogP) is 1.16. The Labute approximate surface area is 143 Å². The van der Waals surface area contributed by atoms with E-state index in [1.165, 1.54) is 5.56 Å². The number of aryl methyl sites for hydroxylation is 3. The van der Waals surface area contributed by atoms with Crippen LogP contribution in [0.15, 0.2) is 24.7 Å². The van der Waals surface area contributed by atoms with Crippen molar-refractivity contribution in [2.24, 2.45) is 21.1 Å². The summed E-state index contributed by atoms with van der Waals surface area (Å²) < 4.78 is 5.34. The second-order valence-electron chi connectivity index (χ2n) is 6.59. The van der Waals surface area contributed by atoms with Crippen molar-refractivity contribution in [2.75, 3.05) is 0 Å². The van der Waals surface area contributed by atoms with Crippen LogP contribution in [0.2, 0.25) is 0 Å². The van der Waals surface area contributed by atoms with Crippen molar-refractivity contribution >= 4 is 11.3 Å². The van der Waals surface area contributed by atoms with Crippen LogP contribution in [-0.2, 0) is 21.1 Å². The number of rotatable bonds is 3. The molecule has 0 unspecified atom stereocenters. The third-order valence-electron chi connectivity index (χ3n) is 4.80. The minimum Gasteiger partial charge on any atom is -0.276 e. The molecule has 0 N–H and O–H groups in total. The second-order valence-corrected chi connectivity index (χ2v) is 6.59. The van der Waals surface area contributed by atoms with Gasteiger partial charge in [-0.2, -0.15) is 10.2 Å². The first kappa shape index (κ1) is 14.3. The number of fused-ring (bicyclic) bond motifs is 1. The van der Waals surface area contributed by atoms with Gasteiger partial charge in [0.25, 0.3) is 0 Å². The Morgan fingerprint density at radius 2 is 1.96 bits per heavy atom. The van der Waals surface area contributed by atoms with Gasteiger partial charge in [-0.1, -0.05) is 5.21 Å². The van der Waals surface area contributed by atoms with Crippen molar-refractivity contribution in [1.82, 2.24) is 44.5 Å². The van der Waals surface area contributed by atoms with E-state index in [9.17, 15) is 0 Å². The fraction of sp³-hybridized carbons (Fsp3) is 0.375. The van der Waals surface area contributed by atoms with E-state index in [-0.39, 0.29) is 0 Å². The predicted molar refractivity (Wildman–Crippen MR) is 89.6 cm³/mol. The van der Waals surface area contributed by atoms with Gasteiger partial charge in [-0.25, -0.2) is 14.6 Å². The lowest BCUT2D eigenvalue weighted by Crippen LogP contribution is -1.98. The van der Waals surface area contributed by atoms with Crippen molar-refractivity contribution in [2.45, 2.75) is 18.3 Å². The summed E-state index contributed by atoms with van der Waals surface area (Å²) in [7, 11) is 5.70. The first-order valence-corrected chi connectivity index (χ1v) is 8.15. The largest absolute Gasteiger partial charge is 0.276 e. The molecule has 126 valence electrons. The average Bonchev–Trinajstić information content (AvgIpc) is 2.91. The van der Waals surface area contributed by atoms with Crippen LogP contribution in [0.1, 0.15) is 29.5 Å². The van der Waals surface area contributed by atoms with Gasteiger partial charge in [-0.3, -0.25) is 9.36 Å². The van der Waals surface area contributed by atoms with Crippen molar-refractivity contribution in [3.05, 3.63) is 35.9 Å². The molecule has 4 heterocycles. The Kier molecular flexibility index (Phi) is 2.82. The minimum absolute atomic E-state index is 0.444. The summed E-state index contributed by atoms with van der Waals surface area (Å²) in [4.78, 5) is 8.99. The van der Waals surface area contributed by atoms with Crippen LogP contribution in [-0.4, -0.2) is 44.5 Å². The highest BCUT2D eigenvalue weighted by Gasteiger charge is 2.42. The zero-order valence-corrected chi connectivity index (χ0v) is 14.2. The van der Waals surface area contributed by atoms with Gasteiger partial charge in [0.05, 0.1) is 23.8 Å². The van der Waals surface area contributed by atoms with E-state index in [1.807, 2.05) is 36.7 Å². The molecular weight excluding hydrogens is 318 g/mol. The van der Waals surface area contributed by atoms with Gasteiger partial charge >= 0.3 is 0 Å². The van der Waals surface area contributed by atoms with Crippen molar-refractivity contribution < 1.29 is 0 Å². The highest BCUT2D eigenvalue weighted by Crippen LogP contribution is 2.54. The van der Waals surface area contributed by atoms with Gasteiger partial charge in [-0.05, 0) is 24.0 Å². The van der Waals surface area contributed by atoms with E-state index in [1.54, 1.807) is 10.9 Å². The molecule has 9 heteroatoms. The zero-order valence-electron chi connectivity index (χ0n) is 14.2. The van der Waals surface area contributed by atoms with Gasteiger partial charge in [0.1, 0.15) is 5.69 Å². The molecule has 0 amide bonds. The summed E-state index contributed by atoms with van der Waals surface area (Å²) in [5, 5.41) is 16.9. The fourth-order valence-corrected chi connectivity index (χ4v) is 3.37. The molecule has 1 saturated carbocycles. The number of aromatic nitrogens is 9. The van der Waals surface area contributed by atoms with Crippen molar-refractivity contribution in [1.29, 1.82) is 0 Å². The number of nitrogens with zero attached hydrogens (tertiary/aromatic N) is 9. The molecule has 0 bridgehead atoms. The van der Waals surface area contributed by atoms with Gasteiger partial charge in [0.15, 0.2) is 5.65 Å². The monoisotopic (exact) mass is 335 g/mol. The lowest BCUT2D eigenvalue weighted by molar-refractivity contribution is 0.728. The van der Waals surface area contributed by atoms with Crippen LogP contribution in [0.25, 0.3) is 22.7 Å². The van der Waals surface area contributed by atoms with Gasteiger partial charge < -0.3 is 0 Å². The summed E-state index contributed by atoms with van der Waals surface area (Å²) in [6, 6.07) is 2.11. The molecule has 0 aliphatic heterocycles. The standard InChI is InChI=1S/C16H17N9/c1-23-8-9(6-18-23)10-4-11(10)12-5-14(24(2)21-12)13-7-17-15-16(19-13)25(3)22-20-15/h5-8,10-11H,4H2,1-3H3/t10-,11+/m0/s1. The van der Waals surface area contributed by atoms with E-state index in [2.05, 4.69) is 37.6 Å². The highest BCUT2D eigenvalue weighted by atomic mass is 15.4. The van der Waals surface area contributed by atoms with Crippen molar-refractivity contribution in [3.8, 4) is 11.4 Å². The van der Waals surface area contributed by atoms with E-state index in [4.69, 9.17) is 5.10 Å². The lowest BCUT2D eigenvalue weighted by Gasteiger charge is -2.00. The highest BCUT2D eigenvalue weighted by molar-refractivity contribution is 5.68. The first-order valence-electron chi connectivity index (χ1n) is 8.15. The molecule has 0 aromatic carbocycles. The van der Waals surface area contributed by atoms with Crippen LogP contribution in [0, 0.1) is 0 Å². The van der Waals surface area contributed by atoms with Crippen molar-refractivity contribution in [3.63, 3.8) is 0 Å². The Hall–Kier alpha value is -3.10. The van der Waals surface area contributed by atoms with Gasteiger partial charge in [-0.15, -0.1) is 5.10 Å². The van der Waals surface area contributed by atoms with E-state index >= 15 is 0 Å². The zero-order chi connectivity index (χ0) is 17.1. The maximum absolute atomic E-state index is 4.71. The third kappa shape index (κ3) is 2.23. The molecular formula is C16H17N9. The SMILES string of the molecule is Cn1cc([C@@H]2C[C@H]2c2cc(-c3cnc4nnn(C)c4n3)n(C)n2)cn1. The van der Waals surface area contributed by atoms with Crippen LogP contribution in [0.5, 0.6) is 0 Å². The quantitative estimate of drug-likeness (QED) is 0.558. The molecule has 0 saturated heterocycles. The summed E-state index contributed by atoms with van der Waals surface area (Å²) in [5.41, 5.74) is 5.31. The van der Waals surface area contributed by atoms with E-state index in [0.717, 1.165) is 23.5 Å². The Morgan fingerprint density at radius 1 is 1.08 bits per heavy atom. The third-order valence-corrected chi connectivity index (χ3v) is 4.80. The van der Waals surface area contributed by atoms with Crippen LogP contribution in [0.3, 0.4) is 0 Å². The topological polar surface area (TPSA) is 92.1 Å². The van der Waals surface area contributed by atoms with Crippen LogP contribution >= 0.6 is 0 Å². The molecule has 1 aliphatic carbocycles. The maximum atomic E-state index is 4.71. The molecule has 5 rings (SSSR count). The van der Waals surface area contributed by atoms with Crippen LogP contribution < -0.4 is 0 Å². The first-order chi connectivity index (χ1) is 12.1. The summed E-state index contributed by atoms with van der Waals surface area (Å²) in [6.45, 7) is 0. The average molecular weight is 335 g/mol. The maximum Gasteiger partial charge on any atom is 0.221 e. The molecule has 1 aliphatic rings. The molecule has 4 aromatic rings. The lowest BCUT2D eigenvalue weighted by atomic mass is 10.1. The molecule has 1 fully saturated rings. The molecule has 9 nitrogen and oxygen atoms in total. The molecule has 0 radical (unpaired) electrons.